The summed E-state index contributed by atoms with van der Waals surface area (Å²) in [5.41, 5.74) is 0.241. The molecule has 4 radical (unpaired) electrons. The summed E-state index contributed by atoms with van der Waals surface area (Å²) < 4.78 is 19.2. The molecule has 0 aliphatic carbocycles. The van der Waals surface area contributed by atoms with Gasteiger partial charge in [0.05, 0.1) is 12.7 Å². The van der Waals surface area contributed by atoms with E-state index in [1.807, 2.05) is 0 Å². The number of nitrogens with one attached hydrogen (secondary N) is 1. The van der Waals surface area contributed by atoms with Gasteiger partial charge in [0.2, 0.25) is 12.3 Å². The van der Waals surface area contributed by atoms with E-state index in [9.17, 15) is 14.5 Å². The second-order valence-corrected chi connectivity index (χ2v) is 5.84. The van der Waals surface area contributed by atoms with Gasteiger partial charge in [0, 0.05) is 47.8 Å². The Morgan fingerprint density at radius 1 is 1.27 bits per heavy atom. The minimum atomic E-state index is -1.83. The van der Waals surface area contributed by atoms with Crippen LogP contribution in [0.1, 0.15) is 0 Å². The van der Waals surface area contributed by atoms with Gasteiger partial charge in [-0.15, -0.1) is 0 Å². The van der Waals surface area contributed by atoms with Crippen molar-refractivity contribution < 1.29 is 33.2 Å². The van der Waals surface area contributed by atoms with Gasteiger partial charge in [0.1, 0.15) is 22.4 Å². The molecule has 144 valence electrons. The monoisotopic (exact) mass is 386 g/mol. The lowest BCUT2D eigenvalue weighted by Crippen LogP contribution is -2.21. The SMILES string of the molecule is CNC(=O)/C=C\N(C=O)COC.[B]/C(=C(/[B])P(O)OC)C(COC)OC. The molecule has 0 saturated carbocycles. The number of rotatable bonds is 11. The molecule has 26 heavy (non-hydrogen) atoms. The molecule has 2 atom stereocenters. The molecule has 0 aliphatic heterocycles. The van der Waals surface area contributed by atoms with E-state index in [1.165, 1.54) is 52.7 Å². The highest BCUT2D eigenvalue weighted by Gasteiger charge is 2.15. The van der Waals surface area contributed by atoms with E-state index >= 15 is 0 Å². The maximum Gasteiger partial charge on any atom is 0.245 e. The molecule has 0 aromatic heterocycles. The first-order valence-electron chi connectivity index (χ1n) is 7.22. The zero-order chi connectivity index (χ0) is 20.5. The van der Waals surface area contributed by atoms with Crippen LogP contribution in [0, 0.1) is 0 Å². The predicted molar refractivity (Wildman–Crippen MR) is 100 cm³/mol. The Morgan fingerprint density at radius 2 is 1.88 bits per heavy atom. The number of nitrogens with zero attached hydrogens (tertiary/aromatic N) is 1. The van der Waals surface area contributed by atoms with Crippen LogP contribution in [-0.4, -0.2) is 92.7 Å². The Hall–Kier alpha value is -1.22. The van der Waals surface area contributed by atoms with Crippen molar-refractivity contribution in [2.45, 2.75) is 6.10 Å². The molecule has 0 rings (SSSR count). The number of hydrogen-bond donors (Lipinski definition) is 2. The molecule has 0 spiro atoms. The van der Waals surface area contributed by atoms with Crippen molar-refractivity contribution in [3.63, 3.8) is 0 Å². The largest absolute Gasteiger partial charge is 0.382 e. The molecule has 2 N–H and O–H groups in total. The molecule has 12 heteroatoms. The van der Waals surface area contributed by atoms with E-state index < -0.39 is 14.5 Å². The molecule has 0 aliphatic rings. The van der Waals surface area contributed by atoms with Crippen molar-refractivity contribution in [1.82, 2.24) is 10.2 Å². The van der Waals surface area contributed by atoms with Crippen LogP contribution in [0.4, 0.5) is 0 Å². The van der Waals surface area contributed by atoms with Crippen molar-refractivity contribution in [2.24, 2.45) is 0 Å². The third-order valence-corrected chi connectivity index (χ3v) is 3.72. The Morgan fingerprint density at radius 3 is 2.27 bits per heavy atom. The third-order valence-electron chi connectivity index (χ3n) is 2.70. The summed E-state index contributed by atoms with van der Waals surface area (Å²) in [6, 6.07) is 0. The first-order valence-corrected chi connectivity index (χ1v) is 8.43. The van der Waals surface area contributed by atoms with E-state index in [-0.39, 0.29) is 29.9 Å². The molecule has 0 aromatic carbocycles. The third kappa shape index (κ3) is 12.2. The van der Waals surface area contributed by atoms with Crippen molar-refractivity contribution in [1.29, 1.82) is 0 Å². The lowest BCUT2D eigenvalue weighted by molar-refractivity contribution is -0.119. The summed E-state index contributed by atoms with van der Waals surface area (Å²) in [4.78, 5) is 31.4. The highest BCUT2D eigenvalue weighted by Crippen LogP contribution is 2.40. The minimum Gasteiger partial charge on any atom is -0.382 e. The van der Waals surface area contributed by atoms with Gasteiger partial charge < -0.3 is 28.9 Å². The fourth-order valence-electron chi connectivity index (χ4n) is 1.31. The molecular formula is C14H25B2N2O7P. The fraction of sp³-hybridized carbons (Fsp3) is 0.571. The van der Waals surface area contributed by atoms with Gasteiger partial charge in [-0.3, -0.25) is 14.5 Å². The van der Waals surface area contributed by atoms with Crippen LogP contribution in [0.3, 0.4) is 0 Å². The predicted octanol–water partition coefficient (Wildman–Crippen LogP) is -0.587. The quantitative estimate of drug-likeness (QED) is 0.161. The second kappa shape index (κ2) is 17.2. The average Bonchev–Trinajstić information content (AvgIpc) is 2.67. The van der Waals surface area contributed by atoms with Gasteiger partial charge in [-0.05, 0) is 0 Å². The highest BCUT2D eigenvalue weighted by atomic mass is 31.2. The summed E-state index contributed by atoms with van der Waals surface area (Å²) in [6.07, 6.45) is 2.69. The maximum atomic E-state index is 10.7. The van der Waals surface area contributed by atoms with Crippen LogP contribution >= 0.6 is 8.38 Å². The lowest BCUT2D eigenvalue weighted by Gasteiger charge is -2.20. The van der Waals surface area contributed by atoms with Crippen molar-refractivity contribution >= 4 is 36.4 Å². The van der Waals surface area contributed by atoms with Crippen LogP contribution in [0.5, 0.6) is 0 Å². The number of hydrogen-bond acceptors (Lipinski definition) is 7. The first kappa shape index (κ1) is 27.0. The molecule has 2 amide bonds. The summed E-state index contributed by atoms with van der Waals surface area (Å²) in [6.45, 7) is 0.410. The number of carbonyl (C=O) groups is 2. The maximum absolute atomic E-state index is 10.7. The van der Waals surface area contributed by atoms with Crippen molar-refractivity contribution in [3.8, 4) is 0 Å². The zero-order valence-electron chi connectivity index (χ0n) is 15.7. The molecule has 0 saturated heterocycles. The molecule has 0 aromatic rings. The van der Waals surface area contributed by atoms with Crippen LogP contribution in [0.2, 0.25) is 0 Å². The van der Waals surface area contributed by atoms with Gasteiger partial charge in [-0.25, -0.2) is 0 Å². The normalized spacial score (nSPS) is 13.9. The van der Waals surface area contributed by atoms with Gasteiger partial charge in [-0.2, -0.15) is 0 Å². The Labute approximate surface area is 158 Å². The average molecular weight is 386 g/mol. The Kier molecular flexibility index (Phi) is 17.9. The molecule has 0 bridgehead atoms. The van der Waals surface area contributed by atoms with Gasteiger partial charge >= 0.3 is 0 Å². The minimum absolute atomic E-state index is 0.103. The summed E-state index contributed by atoms with van der Waals surface area (Å²) in [7, 11) is 16.7. The van der Waals surface area contributed by atoms with E-state index in [2.05, 4.69) is 14.6 Å². The first-order chi connectivity index (χ1) is 12.3. The summed E-state index contributed by atoms with van der Waals surface area (Å²) in [5, 5.41) is 2.48. The smallest absolute Gasteiger partial charge is 0.245 e. The van der Waals surface area contributed by atoms with Crippen molar-refractivity contribution in [2.75, 3.05) is 48.8 Å². The number of likely N-dealkylation sites (N-methyl/N-ethyl adjacent to an activating group) is 1. The Balaban J connectivity index is 0. The highest BCUT2D eigenvalue weighted by molar-refractivity contribution is 7.53. The van der Waals surface area contributed by atoms with Crippen molar-refractivity contribution in [3.05, 3.63) is 23.0 Å². The van der Waals surface area contributed by atoms with Crippen LogP contribution in [0.25, 0.3) is 0 Å². The summed E-state index contributed by atoms with van der Waals surface area (Å²) >= 11 is 0. The van der Waals surface area contributed by atoms with Gasteiger partial charge in [0.25, 0.3) is 0 Å². The molecule has 0 heterocycles. The van der Waals surface area contributed by atoms with E-state index in [0.717, 1.165) is 0 Å². The summed E-state index contributed by atoms with van der Waals surface area (Å²) in [5.74, 6) is -0.266. The number of amides is 2. The number of carbonyl (C=O) groups excluding carboxylic acids is 2. The molecular weight excluding hydrogens is 361 g/mol. The van der Waals surface area contributed by atoms with E-state index in [0.29, 0.717) is 6.41 Å². The lowest BCUT2D eigenvalue weighted by atomic mass is 9.85. The zero-order valence-corrected chi connectivity index (χ0v) is 16.6. The molecule has 0 fully saturated rings. The van der Waals surface area contributed by atoms with Crippen LogP contribution in [-0.2, 0) is 28.3 Å². The number of methoxy groups -OCH3 is 3. The molecule has 9 nitrogen and oxygen atoms in total. The van der Waals surface area contributed by atoms with Crippen LogP contribution < -0.4 is 5.32 Å². The Bertz CT molecular complexity index is 467. The van der Waals surface area contributed by atoms with Gasteiger partial charge in [-0.1, -0.05) is 10.7 Å². The van der Waals surface area contributed by atoms with Gasteiger partial charge in [0.15, 0.2) is 8.38 Å². The second-order valence-electron chi connectivity index (χ2n) is 4.44. The topological polar surface area (TPSA) is 107 Å². The number of ether oxygens (including phenoxy) is 3. The van der Waals surface area contributed by atoms with E-state index in [1.54, 1.807) is 0 Å². The van der Waals surface area contributed by atoms with E-state index in [4.69, 9.17) is 25.2 Å². The fourth-order valence-corrected chi connectivity index (χ4v) is 1.88. The molecule has 2 unspecified atom stereocenters. The van der Waals surface area contributed by atoms with Crippen LogP contribution in [0.15, 0.2) is 23.0 Å². The standard InChI is InChI=1S/C7H13B2O4P.C7H12N2O3/c1-11-4-5(12-2)6(8)7(9)14(10)13-3;1-8-7(11)3-4-9(5-10)6-12-2/h5,10H,4H2,1-3H3;3-5H,6H2,1-2H3,(H,8,11)/b7-6-;4-3-.